The Balaban J connectivity index is 1.46. The van der Waals surface area contributed by atoms with E-state index < -0.39 is 0 Å². The lowest BCUT2D eigenvalue weighted by atomic mass is 9.98. The smallest absolute Gasteiger partial charge is 0.226 e. The van der Waals surface area contributed by atoms with Crippen LogP contribution in [-0.2, 0) is 11.2 Å². The first-order chi connectivity index (χ1) is 16.9. The number of rotatable bonds is 9. The molecule has 0 unspecified atom stereocenters. The minimum Gasteiger partial charge on any atom is -0.497 e. The third-order valence-corrected chi connectivity index (χ3v) is 6.42. The molecule has 0 saturated carbocycles. The van der Waals surface area contributed by atoms with Crippen molar-refractivity contribution in [2.45, 2.75) is 26.7 Å². The summed E-state index contributed by atoms with van der Waals surface area (Å²) in [7, 11) is 4.82. The highest BCUT2D eigenvalue weighted by Crippen LogP contribution is 2.43. The lowest BCUT2D eigenvalue weighted by Crippen LogP contribution is -2.12. The number of ether oxygens (including phenoxy) is 3. The van der Waals surface area contributed by atoms with Gasteiger partial charge in [-0.2, -0.15) is 0 Å². The number of benzene rings is 2. The fraction of sp³-hybridized carbons (Fsp3) is 0.269. The molecule has 35 heavy (non-hydrogen) atoms. The highest BCUT2D eigenvalue weighted by Gasteiger charge is 2.22. The van der Waals surface area contributed by atoms with Gasteiger partial charge in [-0.25, -0.2) is 4.98 Å². The van der Waals surface area contributed by atoms with E-state index in [1.54, 1.807) is 21.3 Å². The number of amides is 1. The molecule has 0 aliphatic rings. The van der Waals surface area contributed by atoms with Crippen LogP contribution in [0, 0.1) is 13.8 Å². The Hall–Kier alpha value is -3.85. The van der Waals surface area contributed by atoms with Gasteiger partial charge in [0.1, 0.15) is 11.5 Å². The summed E-state index contributed by atoms with van der Waals surface area (Å²) in [6.07, 6.45) is 0.742. The number of anilines is 1. The number of aryl methyl sites for hydroxylation is 3. The van der Waals surface area contributed by atoms with Gasteiger partial charge < -0.3 is 24.1 Å². The summed E-state index contributed by atoms with van der Waals surface area (Å²) in [6.45, 7) is 3.74. The van der Waals surface area contributed by atoms with Crippen molar-refractivity contribution in [1.29, 1.82) is 0 Å². The third-order valence-electron chi connectivity index (χ3n) is 5.66. The van der Waals surface area contributed by atoms with Crippen LogP contribution in [0.25, 0.3) is 22.4 Å². The summed E-state index contributed by atoms with van der Waals surface area (Å²) in [5.74, 6) is 2.53. The molecule has 2 heterocycles. The van der Waals surface area contributed by atoms with Crippen molar-refractivity contribution >= 4 is 22.4 Å². The van der Waals surface area contributed by atoms with Crippen LogP contribution >= 0.6 is 11.3 Å². The summed E-state index contributed by atoms with van der Waals surface area (Å²) in [4.78, 5) is 17.2. The first kappa shape index (κ1) is 24.3. The topological polar surface area (TPSA) is 95.7 Å². The first-order valence-electron chi connectivity index (χ1n) is 11.0. The van der Waals surface area contributed by atoms with E-state index in [1.165, 1.54) is 11.3 Å². The third kappa shape index (κ3) is 5.14. The molecule has 4 rings (SSSR count). The van der Waals surface area contributed by atoms with Crippen LogP contribution in [0.2, 0.25) is 0 Å². The second kappa shape index (κ2) is 10.6. The fourth-order valence-electron chi connectivity index (χ4n) is 3.95. The van der Waals surface area contributed by atoms with Crippen molar-refractivity contribution in [2.75, 3.05) is 26.6 Å². The maximum atomic E-state index is 12.7. The van der Waals surface area contributed by atoms with E-state index in [2.05, 4.69) is 15.5 Å². The molecule has 1 amide bonds. The zero-order valence-corrected chi connectivity index (χ0v) is 21.1. The second-order valence-corrected chi connectivity index (χ2v) is 8.71. The predicted molar refractivity (Wildman–Crippen MR) is 136 cm³/mol. The predicted octanol–water partition coefficient (Wildman–Crippen LogP) is 5.68. The quantitative estimate of drug-likeness (QED) is 0.320. The number of nitrogens with one attached hydrogen (secondary N) is 1. The van der Waals surface area contributed by atoms with Crippen LogP contribution in [0.1, 0.15) is 23.4 Å². The van der Waals surface area contributed by atoms with Crippen LogP contribution in [0.15, 0.2) is 46.3 Å². The summed E-state index contributed by atoms with van der Waals surface area (Å²) >= 11 is 1.39. The van der Waals surface area contributed by atoms with Crippen LogP contribution in [-0.4, -0.2) is 37.4 Å². The van der Waals surface area contributed by atoms with E-state index in [4.69, 9.17) is 18.7 Å². The van der Waals surface area contributed by atoms with E-state index in [0.29, 0.717) is 28.8 Å². The maximum absolute atomic E-state index is 12.7. The first-order valence-corrected chi connectivity index (χ1v) is 11.9. The summed E-state index contributed by atoms with van der Waals surface area (Å²) in [5, 5.41) is 9.40. The second-order valence-electron chi connectivity index (χ2n) is 7.85. The summed E-state index contributed by atoms with van der Waals surface area (Å²) in [6, 6.07) is 11.5. The molecule has 8 nitrogen and oxygen atoms in total. The van der Waals surface area contributed by atoms with Gasteiger partial charge in [-0.3, -0.25) is 4.79 Å². The van der Waals surface area contributed by atoms with Crippen LogP contribution < -0.4 is 19.5 Å². The van der Waals surface area contributed by atoms with Gasteiger partial charge in [-0.15, -0.1) is 11.3 Å². The molecule has 182 valence electrons. The minimum absolute atomic E-state index is 0.128. The van der Waals surface area contributed by atoms with Gasteiger partial charge >= 0.3 is 0 Å². The summed E-state index contributed by atoms with van der Waals surface area (Å²) in [5.41, 5.74) is 5.11. The molecule has 9 heteroatoms. The van der Waals surface area contributed by atoms with Gasteiger partial charge in [0.15, 0.2) is 16.6 Å². The summed E-state index contributed by atoms with van der Waals surface area (Å²) < 4.78 is 21.9. The monoisotopic (exact) mass is 493 g/mol. The van der Waals surface area contributed by atoms with E-state index in [-0.39, 0.29) is 12.3 Å². The van der Waals surface area contributed by atoms with E-state index in [0.717, 1.165) is 39.4 Å². The van der Waals surface area contributed by atoms with Gasteiger partial charge in [0.25, 0.3) is 0 Å². The van der Waals surface area contributed by atoms with Crippen LogP contribution in [0.5, 0.6) is 17.2 Å². The molecule has 0 saturated heterocycles. The molecular weight excluding hydrogens is 466 g/mol. The number of carbonyl (C=O) groups excluding carboxylic acids is 1. The Morgan fingerprint density at radius 1 is 1.00 bits per heavy atom. The SMILES string of the molecule is COc1ccc(-c2csc(NC(=O)CCc3ccc(-c4c(C)noc4C)c(OC)c3OC)n2)cc1. The highest BCUT2D eigenvalue weighted by molar-refractivity contribution is 7.14. The Kier molecular flexibility index (Phi) is 7.36. The zero-order chi connectivity index (χ0) is 24.9. The average molecular weight is 494 g/mol. The van der Waals surface area contributed by atoms with Crippen molar-refractivity contribution in [1.82, 2.24) is 10.1 Å². The van der Waals surface area contributed by atoms with Gasteiger partial charge in [0.2, 0.25) is 5.91 Å². The molecule has 0 atom stereocenters. The molecule has 4 aromatic rings. The van der Waals surface area contributed by atoms with Crippen molar-refractivity contribution < 1.29 is 23.5 Å². The molecule has 1 N–H and O–H groups in total. The average Bonchev–Trinajstić information content (AvgIpc) is 3.47. The molecule has 0 radical (unpaired) electrons. The van der Waals surface area contributed by atoms with Gasteiger partial charge in [0, 0.05) is 22.9 Å². The van der Waals surface area contributed by atoms with Crippen molar-refractivity contribution in [2.24, 2.45) is 0 Å². The molecule has 0 aliphatic carbocycles. The van der Waals surface area contributed by atoms with Crippen LogP contribution in [0.3, 0.4) is 0 Å². The fourth-order valence-corrected chi connectivity index (χ4v) is 4.68. The highest BCUT2D eigenvalue weighted by atomic mass is 32.1. The Labute approximate surface area is 207 Å². The Morgan fingerprint density at radius 2 is 1.74 bits per heavy atom. The standard InChI is InChI=1S/C26H27N3O5S/c1-15-23(16(2)34-29-15)20-12-8-18(24(32-4)25(20)33-5)9-13-22(30)28-26-27-21(14-35-26)17-6-10-19(31-3)11-7-17/h6-8,10-12,14H,9,13H2,1-5H3,(H,27,28,30). The number of nitrogens with zero attached hydrogens (tertiary/aromatic N) is 2. The normalized spacial score (nSPS) is 10.8. The van der Waals surface area contributed by atoms with Crippen molar-refractivity contribution in [3.63, 3.8) is 0 Å². The molecule has 2 aromatic carbocycles. The maximum Gasteiger partial charge on any atom is 0.226 e. The molecule has 0 bridgehead atoms. The van der Waals surface area contributed by atoms with E-state index >= 15 is 0 Å². The molecule has 0 fully saturated rings. The number of thiazole rings is 1. The molecule has 0 spiro atoms. The van der Waals surface area contributed by atoms with Crippen molar-refractivity contribution in [3.8, 4) is 39.6 Å². The zero-order valence-electron chi connectivity index (χ0n) is 20.3. The Morgan fingerprint density at radius 3 is 2.37 bits per heavy atom. The lowest BCUT2D eigenvalue weighted by Gasteiger charge is -2.16. The van der Waals surface area contributed by atoms with E-state index in [1.807, 2.05) is 55.6 Å². The molecule has 0 aliphatic heterocycles. The molecule has 2 aromatic heterocycles. The molecular formula is C26H27N3O5S. The minimum atomic E-state index is -0.128. The number of aromatic nitrogens is 2. The van der Waals surface area contributed by atoms with E-state index in [9.17, 15) is 4.79 Å². The number of carbonyl (C=O) groups is 1. The lowest BCUT2D eigenvalue weighted by molar-refractivity contribution is -0.116. The van der Waals surface area contributed by atoms with Gasteiger partial charge in [-0.1, -0.05) is 11.2 Å². The Bertz CT molecular complexity index is 1310. The largest absolute Gasteiger partial charge is 0.497 e. The number of hydrogen-bond acceptors (Lipinski definition) is 8. The van der Waals surface area contributed by atoms with Crippen LogP contribution in [0.4, 0.5) is 5.13 Å². The van der Waals surface area contributed by atoms with Gasteiger partial charge in [-0.05, 0) is 56.2 Å². The number of hydrogen-bond donors (Lipinski definition) is 1. The van der Waals surface area contributed by atoms with Gasteiger partial charge in [0.05, 0.1) is 38.3 Å². The van der Waals surface area contributed by atoms with Crippen molar-refractivity contribution in [3.05, 3.63) is 58.8 Å². The number of methoxy groups -OCH3 is 3.